The molecular formula is C24H21NO5S. The molecule has 3 aromatic carbocycles. The first kappa shape index (κ1) is 19.8. The van der Waals surface area contributed by atoms with Gasteiger partial charge in [0.2, 0.25) is 0 Å². The van der Waals surface area contributed by atoms with Crippen LogP contribution in [0.25, 0.3) is 11.1 Å². The predicted molar refractivity (Wildman–Crippen MR) is 116 cm³/mol. The summed E-state index contributed by atoms with van der Waals surface area (Å²) in [5.74, 6) is -0.0647. The Kier molecular flexibility index (Phi) is 4.79. The average Bonchev–Trinajstić information content (AvgIpc) is 3.37. The maximum absolute atomic E-state index is 13.2. The van der Waals surface area contributed by atoms with Crippen LogP contribution in [0, 0.1) is 6.92 Å². The van der Waals surface area contributed by atoms with E-state index < -0.39 is 10.1 Å². The first-order valence-electron chi connectivity index (χ1n) is 10.1. The standard InChI is InChI=1S/C24H21NO5S/c1-15-6-8-17(9-7-15)31(27,28)30-24-21(29-16-12-13-25-14-16)11-10-19-18-4-2-3-5-20(18)23(26)22(19)24/h2-11,16,25H,12-14H2,1H3. The first-order chi connectivity index (χ1) is 14.9. The van der Waals surface area contributed by atoms with Gasteiger partial charge in [-0.25, -0.2) is 0 Å². The van der Waals surface area contributed by atoms with Crippen molar-refractivity contribution in [2.45, 2.75) is 24.3 Å². The lowest BCUT2D eigenvalue weighted by Crippen LogP contribution is -2.21. The molecule has 0 bridgehead atoms. The third-order valence-corrected chi connectivity index (χ3v) is 6.86. The van der Waals surface area contributed by atoms with Gasteiger partial charge in [-0.2, -0.15) is 8.42 Å². The Bertz CT molecular complexity index is 1280. The van der Waals surface area contributed by atoms with Crippen LogP contribution in [0.1, 0.15) is 27.9 Å². The molecule has 0 aromatic heterocycles. The number of hydrogen-bond donors (Lipinski definition) is 1. The Balaban J connectivity index is 1.63. The molecule has 1 atom stereocenters. The number of aryl methyl sites for hydroxylation is 1. The highest BCUT2D eigenvalue weighted by atomic mass is 32.2. The molecule has 31 heavy (non-hydrogen) atoms. The van der Waals surface area contributed by atoms with Gasteiger partial charge in [0, 0.05) is 12.1 Å². The number of carbonyl (C=O) groups excluding carboxylic acids is 1. The van der Waals surface area contributed by atoms with Gasteiger partial charge in [-0.05, 0) is 55.3 Å². The van der Waals surface area contributed by atoms with Crippen LogP contribution < -0.4 is 14.2 Å². The highest BCUT2D eigenvalue weighted by Gasteiger charge is 2.35. The van der Waals surface area contributed by atoms with Gasteiger partial charge in [0.05, 0.1) is 5.56 Å². The van der Waals surface area contributed by atoms with E-state index in [1.807, 2.05) is 19.1 Å². The normalized spacial score (nSPS) is 17.3. The largest absolute Gasteiger partial charge is 0.485 e. The zero-order valence-corrected chi connectivity index (χ0v) is 17.7. The van der Waals surface area contributed by atoms with E-state index in [1.165, 1.54) is 12.1 Å². The zero-order chi connectivity index (χ0) is 21.6. The fourth-order valence-corrected chi connectivity index (χ4v) is 4.96. The monoisotopic (exact) mass is 435 g/mol. The Morgan fingerprint density at radius 2 is 1.68 bits per heavy atom. The second-order valence-electron chi connectivity index (χ2n) is 7.77. The third-order valence-electron chi connectivity index (χ3n) is 5.62. The summed E-state index contributed by atoms with van der Waals surface area (Å²) in [5, 5.41) is 3.22. The first-order valence-corrected chi connectivity index (χ1v) is 11.5. The molecule has 1 heterocycles. The van der Waals surface area contributed by atoms with Crippen LogP contribution in [0.4, 0.5) is 0 Å². The molecule has 1 aliphatic carbocycles. The summed E-state index contributed by atoms with van der Waals surface area (Å²) in [7, 11) is -4.17. The topological polar surface area (TPSA) is 81.7 Å². The maximum atomic E-state index is 13.2. The second kappa shape index (κ2) is 7.51. The quantitative estimate of drug-likeness (QED) is 0.481. The Morgan fingerprint density at radius 3 is 2.39 bits per heavy atom. The number of ketones is 1. The molecule has 0 spiro atoms. The van der Waals surface area contributed by atoms with E-state index in [2.05, 4.69) is 5.32 Å². The number of rotatable bonds is 5. The van der Waals surface area contributed by atoms with Crippen LogP contribution >= 0.6 is 0 Å². The van der Waals surface area contributed by atoms with Gasteiger partial charge in [-0.1, -0.05) is 42.0 Å². The molecule has 7 heteroatoms. The molecule has 0 radical (unpaired) electrons. The third kappa shape index (κ3) is 3.49. The molecule has 2 aliphatic rings. The summed E-state index contributed by atoms with van der Waals surface area (Å²) in [6.45, 7) is 3.34. The summed E-state index contributed by atoms with van der Waals surface area (Å²) >= 11 is 0. The maximum Gasteiger partial charge on any atom is 0.339 e. The van der Waals surface area contributed by atoms with Crippen molar-refractivity contribution in [3.63, 3.8) is 0 Å². The number of fused-ring (bicyclic) bond motifs is 3. The molecule has 158 valence electrons. The molecule has 1 saturated heterocycles. The molecule has 1 unspecified atom stereocenters. The number of nitrogens with one attached hydrogen (secondary N) is 1. The average molecular weight is 436 g/mol. The Hall–Kier alpha value is -3.16. The second-order valence-corrected chi connectivity index (χ2v) is 9.32. The van der Waals surface area contributed by atoms with E-state index in [4.69, 9.17) is 8.92 Å². The SMILES string of the molecule is Cc1ccc(S(=O)(=O)Oc2c(OC3CCNC3)ccc3c2C(=O)c2ccccc2-3)cc1. The number of ether oxygens (including phenoxy) is 1. The van der Waals surface area contributed by atoms with Crippen molar-refractivity contribution in [2.75, 3.05) is 13.1 Å². The molecule has 3 aromatic rings. The van der Waals surface area contributed by atoms with E-state index in [0.717, 1.165) is 24.1 Å². The molecule has 0 saturated carbocycles. The van der Waals surface area contributed by atoms with E-state index >= 15 is 0 Å². The molecule has 1 N–H and O–H groups in total. The summed E-state index contributed by atoms with van der Waals surface area (Å²) in [5.41, 5.74) is 3.08. The van der Waals surface area contributed by atoms with E-state index in [-0.39, 0.29) is 33.8 Å². The molecule has 1 fully saturated rings. The van der Waals surface area contributed by atoms with Crippen LogP contribution in [0.2, 0.25) is 0 Å². The van der Waals surface area contributed by atoms with Gasteiger partial charge in [-0.15, -0.1) is 0 Å². The minimum atomic E-state index is -4.17. The van der Waals surface area contributed by atoms with Crippen molar-refractivity contribution in [3.8, 4) is 22.6 Å². The van der Waals surface area contributed by atoms with Gasteiger partial charge >= 0.3 is 10.1 Å². The number of benzene rings is 3. The van der Waals surface area contributed by atoms with Gasteiger partial charge in [0.25, 0.3) is 0 Å². The summed E-state index contributed by atoms with van der Waals surface area (Å²) in [6.07, 6.45) is 0.663. The van der Waals surface area contributed by atoms with Gasteiger partial charge in [0.1, 0.15) is 11.0 Å². The lowest BCUT2D eigenvalue weighted by atomic mass is 10.1. The highest BCUT2D eigenvalue weighted by molar-refractivity contribution is 7.87. The summed E-state index contributed by atoms with van der Waals surface area (Å²) < 4.78 is 37.9. The van der Waals surface area contributed by atoms with E-state index in [0.29, 0.717) is 17.7 Å². The van der Waals surface area contributed by atoms with Gasteiger partial charge in [0.15, 0.2) is 17.3 Å². The Morgan fingerprint density at radius 1 is 0.935 bits per heavy atom. The Labute approximate surface area is 180 Å². The predicted octanol–water partition coefficient (Wildman–Crippen LogP) is 3.71. The summed E-state index contributed by atoms with van der Waals surface area (Å²) in [6, 6.07) is 17.1. The molecule has 6 nitrogen and oxygen atoms in total. The van der Waals surface area contributed by atoms with Crippen molar-refractivity contribution in [1.29, 1.82) is 0 Å². The molecule has 5 rings (SSSR count). The lowest BCUT2D eigenvalue weighted by Gasteiger charge is -2.18. The smallest absolute Gasteiger partial charge is 0.339 e. The van der Waals surface area contributed by atoms with Crippen LogP contribution in [0.15, 0.2) is 65.6 Å². The van der Waals surface area contributed by atoms with Crippen LogP contribution in [0.3, 0.4) is 0 Å². The van der Waals surface area contributed by atoms with Gasteiger partial charge in [-0.3, -0.25) is 4.79 Å². The van der Waals surface area contributed by atoms with E-state index in [1.54, 1.807) is 36.4 Å². The van der Waals surface area contributed by atoms with Crippen LogP contribution in [-0.2, 0) is 10.1 Å². The zero-order valence-electron chi connectivity index (χ0n) is 16.9. The molecule has 1 aliphatic heterocycles. The molecular weight excluding hydrogens is 414 g/mol. The van der Waals surface area contributed by atoms with Gasteiger partial charge < -0.3 is 14.2 Å². The lowest BCUT2D eigenvalue weighted by molar-refractivity contribution is 0.104. The van der Waals surface area contributed by atoms with E-state index in [9.17, 15) is 13.2 Å². The fraction of sp³-hybridized carbons (Fsp3) is 0.208. The molecule has 0 amide bonds. The highest BCUT2D eigenvalue weighted by Crippen LogP contribution is 2.46. The summed E-state index contributed by atoms with van der Waals surface area (Å²) in [4.78, 5) is 13.2. The number of carbonyl (C=O) groups is 1. The van der Waals surface area contributed by atoms with Crippen molar-refractivity contribution >= 4 is 15.9 Å². The van der Waals surface area contributed by atoms with Crippen molar-refractivity contribution in [3.05, 3.63) is 77.4 Å². The minimum absolute atomic E-state index is 0.0205. The van der Waals surface area contributed by atoms with Crippen molar-refractivity contribution in [2.24, 2.45) is 0 Å². The fourth-order valence-electron chi connectivity index (χ4n) is 4.01. The number of hydrogen-bond acceptors (Lipinski definition) is 6. The van der Waals surface area contributed by atoms with Crippen molar-refractivity contribution in [1.82, 2.24) is 5.32 Å². The van der Waals surface area contributed by atoms with Crippen LogP contribution in [-0.4, -0.2) is 33.4 Å². The minimum Gasteiger partial charge on any atom is -0.485 e. The van der Waals surface area contributed by atoms with Crippen molar-refractivity contribution < 1.29 is 22.1 Å². The van der Waals surface area contributed by atoms with Crippen LogP contribution in [0.5, 0.6) is 11.5 Å².